The predicted octanol–water partition coefficient (Wildman–Crippen LogP) is 4.58. The number of hydrogen-bond donors (Lipinski definition) is 2. The summed E-state index contributed by atoms with van der Waals surface area (Å²) in [5.41, 5.74) is 4.01. The summed E-state index contributed by atoms with van der Waals surface area (Å²) in [5.74, 6) is 0.0850. The van der Waals surface area contributed by atoms with Gasteiger partial charge in [-0.2, -0.15) is 0 Å². The van der Waals surface area contributed by atoms with Crippen LogP contribution < -0.4 is 10.6 Å². The molecule has 28 heavy (non-hydrogen) atoms. The number of hydrogen-bond acceptors (Lipinski definition) is 2. The minimum Gasteiger partial charge on any atom is -0.352 e. The van der Waals surface area contributed by atoms with E-state index in [4.69, 9.17) is 0 Å². The fourth-order valence-electron chi connectivity index (χ4n) is 3.27. The summed E-state index contributed by atoms with van der Waals surface area (Å²) in [6.07, 6.45) is 2.45. The van der Waals surface area contributed by atoms with E-state index in [0.29, 0.717) is 12.1 Å². The molecule has 2 aromatic carbocycles. The standard InChI is InChI=1S/C24H32N2O2/c1-5-8-19-11-13-20(14-12-19)23(17(2)3)26-22(27)15-16-25-24(28)21-10-7-6-9-18(21)4/h6-7,9-14,17,23H,5,8,15-16H2,1-4H3,(H,25,28)(H,26,27). The zero-order valence-electron chi connectivity index (χ0n) is 17.4. The van der Waals surface area contributed by atoms with E-state index < -0.39 is 0 Å². The highest BCUT2D eigenvalue weighted by molar-refractivity contribution is 5.95. The molecule has 0 aliphatic rings. The van der Waals surface area contributed by atoms with Crippen molar-refractivity contribution < 1.29 is 9.59 Å². The first-order valence-corrected chi connectivity index (χ1v) is 10.1. The second-order valence-corrected chi connectivity index (χ2v) is 7.60. The lowest BCUT2D eigenvalue weighted by Gasteiger charge is -2.23. The number of rotatable bonds is 9. The smallest absolute Gasteiger partial charge is 0.251 e. The van der Waals surface area contributed by atoms with Gasteiger partial charge in [0, 0.05) is 18.5 Å². The molecular weight excluding hydrogens is 348 g/mol. The van der Waals surface area contributed by atoms with Gasteiger partial charge in [-0.25, -0.2) is 0 Å². The highest BCUT2D eigenvalue weighted by Gasteiger charge is 2.18. The fourth-order valence-corrected chi connectivity index (χ4v) is 3.27. The van der Waals surface area contributed by atoms with Crippen LogP contribution in [-0.4, -0.2) is 18.4 Å². The summed E-state index contributed by atoms with van der Waals surface area (Å²) < 4.78 is 0. The number of amides is 2. The first-order chi connectivity index (χ1) is 13.4. The summed E-state index contributed by atoms with van der Waals surface area (Å²) in [6, 6.07) is 15.9. The first kappa shape index (κ1) is 21.7. The molecule has 4 nitrogen and oxygen atoms in total. The van der Waals surface area contributed by atoms with Gasteiger partial charge < -0.3 is 10.6 Å². The highest BCUT2D eigenvalue weighted by Crippen LogP contribution is 2.22. The molecule has 2 rings (SSSR count). The van der Waals surface area contributed by atoms with Gasteiger partial charge in [0.15, 0.2) is 0 Å². The number of benzene rings is 2. The van der Waals surface area contributed by atoms with Gasteiger partial charge in [-0.3, -0.25) is 9.59 Å². The predicted molar refractivity (Wildman–Crippen MR) is 114 cm³/mol. The fraction of sp³-hybridized carbons (Fsp3) is 0.417. The van der Waals surface area contributed by atoms with Crippen molar-refractivity contribution in [2.24, 2.45) is 5.92 Å². The Bertz CT molecular complexity index is 781. The molecule has 4 heteroatoms. The van der Waals surface area contributed by atoms with Crippen LogP contribution in [-0.2, 0) is 11.2 Å². The molecule has 0 fully saturated rings. The van der Waals surface area contributed by atoms with Crippen molar-refractivity contribution >= 4 is 11.8 Å². The van der Waals surface area contributed by atoms with E-state index >= 15 is 0 Å². The maximum atomic E-state index is 12.4. The largest absolute Gasteiger partial charge is 0.352 e. The van der Waals surface area contributed by atoms with E-state index in [2.05, 4.69) is 55.7 Å². The summed E-state index contributed by atoms with van der Waals surface area (Å²) in [5, 5.41) is 5.95. The van der Waals surface area contributed by atoms with Crippen LogP contribution in [0.5, 0.6) is 0 Å². The van der Waals surface area contributed by atoms with Gasteiger partial charge in [-0.05, 0) is 42.0 Å². The van der Waals surface area contributed by atoms with Crippen LogP contribution in [0.25, 0.3) is 0 Å². The summed E-state index contributed by atoms with van der Waals surface area (Å²) in [7, 11) is 0. The average Bonchev–Trinajstić information content (AvgIpc) is 2.67. The number of nitrogens with one attached hydrogen (secondary N) is 2. The third-order valence-electron chi connectivity index (χ3n) is 4.89. The average molecular weight is 381 g/mol. The third-order valence-corrected chi connectivity index (χ3v) is 4.89. The quantitative estimate of drug-likeness (QED) is 0.669. The lowest BCUT2D eigenvalue weighted by atomic mass is 9.94. The lowest BCUT2D eigenvalue weighted by molar-refractivity contribution is -0.122. The summed E-state index contributed by atoms with van der Waals surface area (Å²) in [6.45, 7) is 8.60. The maximum absolute atomic E-state index is 12.4. The van der Waals surface area contributed by atoms with Crippen LogP contribution in [0, 0.1) is 12.8 Å². The molecular formula is C24H32N2O2. The second-order valence-electron chi connectivity index (χ2n) is 7.60. The summed E-state index contributed by atoms with van der Waals surface area (Å²) in [4.78, 5) is 24.7. The Hall–Kier alpha value is -2.62. The Labute approximate surface area is 168 Å². The second kappa shape index (κ2) is 10.6. The Morgan fingerprint density at radius 1 is 1.00 bits per heavy atom. The van der Waals surface area contributed by atoms with Crippen molar-refractivity contribution in [1.29, 1.82) is 0 Å². The van der Waals surface area contributed by atoms with E-state index in [9.17, 15) is 9.59 Å². The molecule has 2 N–H and O–H groups in total. The Balaban J connectivity index is 1.88. The number of carbonyl (C=O) groups excluding carboxylic acids is 2. The van der Waals surface area contributed by atoms with Crippen LogP contribution in [0.1, 0.15) is 66.7 Å². The molecule has 1 atom stereocenters. The SMILES string of the molecule is CCCc1ccc(C(NC(=O)CCNC(=O)c2ccccc2C)C(C)C)cc1. The highest BCUT2D eigenvalue weighted by atomic mass is 16.2. The number of carbonyl (C=O) groups is 2. The van der Waals surface area contributed by atoms with E-state index in [1.54, 1.807) is 6.07 Å². The molecule has 0 aliphatic carbocycles. The van der Waals surface area contributed by atoms with Crippen molar-refractivity contribution in [3.63, 3.8) is 0 Å². The van der Waals surface area contributed by atoms with E-state index in [0.717, 1.165) is 24.0 Å². The summed E-state index contributed by atoms with van der Waals surface area (Å²) >= 11 is 0. The van der Waals surface area contributed by atoms with Crippen LogP contribution in [0.3, 0.4) is 0 Å². The Morgan fingerprint density at radius 3 is 2.29 bits per heavy atom. The van der Waals surface area contributed by atoms with Crippen molar-refractivity contribution in [2.45, 2.75) is 53.0 Å². The van der Waals surface area contributed by atoms with E-state index in [1.165, 1.54) is 5.56 Å². The van der Waals surface area contributed by atoms with Gasteiger partial charge in [0.05, 0.1) is 6.04 Å². The molecule has 150 valence electrons. The van der Waals surface area contributed by atoms with Gasteiger partial charge in [0.2, 0.25) is 5.91 Å². The van der Waals surface area contributed by atoms with Gasteiger partial charge in [0.1, 0.15) is 0 Å². The molecule has 0 aromatic heterocycles. The molecule has 2 aromatic rings. The monoisotopic (exact) mass is 380 g/mol. The first-order valence-electron chi connectivity index (χ1n) is 10.1. The van der Waals surface area contributed by atoms with Crippen LogP contribution in [0.2, 0.25) is 0 Å². The molecule has 2 amide bonds. The lowest BCUT2D eigenvalue weighted by Crippen LogP contribution is -2.35. The van der Waals surface area contributed by atoms with Crippen molar-refractivity contribution in [2.75, 3.05) is 6.54 Å². The maximum Gasteiger partial charge on any atom is 0.251 e. The zero-order valence-corrected chi connectivity index (χ0v) is 17.4. The minimum atomic E-state index is -0.141. The molecule has 0 aliphatic heterocycles. The van der Waals surface area contributed by atoms with Crippen molar-refractivity contribution in [3.8, 4) is 0 Å². The van der Waals surface area contributed by atoms with Gasteiger partial charge in [-0.1, -0.05) is 69.7 Å². The molecule has 0 bridgehead atoms. The van der Waals surface area contributed by atoms with Gasteiger partial charge >= 0.3 is 0 Å². The normalized spacial score (nSPS) is 11.9. The molecule has 0 heterocycles. The van der Waals surface area contributed by atoms with Crippen LogP contribution in [0.15, 0.2) is 48.5 Å². The van der Waals surface area contributed by atoms with Crippen molar-refractivity contribution in [3.05, 3.63) is 70.8 Å². The topological polar surface area (TPSA) is 58.2 Å². The zero-order chi connectivity index (χ0) is 20.5. The van der Waals surface area contributed by atoms with Gasteiger partial charge in [0.25, 0.3) is 5.91 Å². The molecule has 0 radical (unpaired) electrons. The Kier molecular flexibility index (Phi) is 8.24. The molecule has 0 saturated carbocycles. The third kappa shape index (κ3) is 6.22. The van der Waals surface area contributed by atoms with E-state index in [1.807, 2.05) is 25.1 Å². The van der Waals surface area contributed by atoms with E-state index in [-0.39, 0.29) is 30.2 Å². The van der Waals surface area contributed by atoms with Gasteiger partial charge in [-0.15, -0.1) is 0 Å². The minimum absolute atomic E-state index is 0.0322. The Morgan fingerprint density at radius 2 is 1.68 bits per heavy atom. The number of aryl methyl sites for hydroxylation is 2. The van der Waals surface area contributed by atoms with Crippen LogP contribution in [0.4, 0.5) is 0 Å². The molecule has 1 unspecified atom stereocenters. The van der Waals surface area contributed by atoms with Crippen LogP contribution >= 0.6 is 0 Å². The molecule has 0 spiro atoms. The van der Waals surface area contributed by atoms with Crippen molar-refractivity contribution in [1.82, 2.24) is 10.6 Å². The molecule has 0 saturated heterocycles.